The van der Waals surface area contributed by atoms with E-state index < -0.39 is 40.2 Å². The molecule has 4 bridgehead atoms. The fourth-order valence-electron chi connectivity index (χ4n) is 8.22. The average Bonchev–Trinajstić information content (AvgIpc) is 3.15. The van der Waals surface area contributed by atoms with Crippen molar-refractivity contribution in [1.29, 1.82) is 0 Å². The summed E-state index contributed by atoms with van der Waals surface area (Å²) in [6.07, 6.45) is 9.93. The lowest BCUT2D eigenvalue weighted by atomic mass is 9.51. The molecule has 7 rings (SSSR count). The average molecular weight is 645 g/mol. The van der Waals surface area contributed by atoms with Crippen LogP contribution < -0.4 is 9.47 Å². The van der Waals surface area contributed by atoms with E-state index in [4.69, 9.17) is 18.9 Å². The van der Waals surface area contributed by atoms with E-state index >= 15 is 0 Å². The van der Waals surface area contributed by atoms with Crippen LogP contribution in [-0.4, -0.2) is 56.8 Å². The van der Waals surface area contributed by atoms with E-state index in [0.29, 0.717) is 65.9 Å². The molecule has 6 atom stereocenters. The second-order valence-electron chi connectivity index (χ2n) is 14.7. The van der Waals surface area contributed by atoms with Gasteiger partial charge in [0.15, 0.2) is 22.8 Å². The van der Waals surface area contributed by atoms with Crippen molar-refractivity contribution < 1.29 is 43.5 Å². The van der Waals surface area contributed by atoms with Crippen molar-refractivity contribution in [3.8, 4) is 17.2 Å². The zero-order valence-corrected chi connectivity index (χ0v) is 28.2. The number of ether oxygens (including phenoxy) is 4. The molecule has 0 radical (unpaired) electrons. The zero-order chi connectivity index (χ0) is 34.3. The first-order valence-corrected chi connectivity index (χ1v) is 16.3. The number of fused-ring (bicyclic) bond motifs is 2. The molecule has 1 aromatic carbocycles. The monoisotopic (exact) mass is 644 g/mol. The van der Waals surface area contributed by atoms with Gasteiger partial charge in [0.25, 0.3) is 6.47 Å². The van der Waals surface area contributed by atoms with Crippen molar-refractivity contribution >= 4 is 24.1 Å². The van der Waals surface area contributed by atoms with Gasteiger partial charge in [0.2, 0.25) is 0 Å². The van der Waals surface area contributed by atoms with Gasteiger partial charge in [-0.25, -0.2) is 0 Å². The summed E-state index contributed by atoms with van der Waals surface area (Å²) in [5, 5.41) is 22.3. The molecule has 2 fully saturated rings. The number of rotatable bonds is 10. The highest BCUT2D eigenvalue weighted by Gasteiger charge is 2.81. The standard InChI is InChI=1S/C38H44O9/c1-20(2)9-10-25-32-24(12-14-36(8,45-32)15-13-27(40)21(3)4)30(41)29-31(42)26-17-23-18-28-35(6,7)47-37(34(23)43,16-11-22(5)44-19-39)38(26,28)46-33(25)29/h9,11-12,14,17,19,23,27-28,40-41H,3,10,13,15-16,18H2,1-2,4-8H3/t23?,27?,28?,36-,37?,38+/m0/s1. The number of allylic oxidation sites excluding steroid dienone is 4. The van der Waals surface area contributed by atoms with Crippen LogP contribution in [0.5, 0.6) is 17.2 Å². The molecular formula is C38H44O9. The number of aliphatic hydroxyl groups is 1. The molecule has 9 nitrogen and oxygen atoms in total. The highest BCUT2D eigenvalue weighted by molar-refractivity contribution is 6.19. The number of phenolic OH excluding ortho intramolecular Hbond substituents is 1. The highest BCUT2D eigenvalue weighted by atomic mass is 16.6. The van der Waals surface area contributed by atoms with E-state index in [0.717, 1.165) is 5.57 Å². The van der Waals surface area contributed by atoms with Gasteiger partial charge in [-0.3, -0.25) is 14.4 Å². The van der Waals surface area contributed by atoms with E-state index in [1.165, 1.54) is 0 Å². The summed E-state index contributed by atoms with van der Waals surface area (Å²) in [6.45, 7) is 17.2. The van der Waals surface area contributed by atoms with Crippen LogP contribution in [0.1, 0.15) is 95.6 Å². The van der Waals surface area contributed by atoms with Crippen LogP contribution in [0.25, 0.3) is 6.08 Å². The molecule has 1 spiro atoms. The van der Waals surface area contributed by atoms with E-state index in [1.807, 2.05) is 46.8 Å². The summed E-state index contributed by atoms with van der Waals surface area (Å²) in [4.78, 5) is 40.1. The third kappa shape index (κ3) is 4.76. The van der Waals surface area contributed by atoms with Crippen LogP contribution in [0.15, 0.2) is 53.4 Å². The number of Topliss-reactive ketones (excluding diaryl/α,β-unsaturated/α-hetero) is 2. The minimum absolute atomic E-state index is 0.0183. The number of hydrogen-bond acceptors (Lipinski definition) is 9. The van der Waals surface area contributed by atoms with Crippen LogP contribution in [-0.2, 0) is 25.5 Å². The predicted molar refractivity (Wildman–Crippen MR) is 175 cm³/mol. The number of hydrogen-bond donors (Lipinski definition) is 2. The molecule has 47 heavy (non-hydrogen) atoms. The van der Waals surface area contributed by atoms with Gasteiger partial charge in [-0.2, -0.15) is 0 Å². The molecule has 1 saturated carbocycles. The van der Waals surface area contributed by atoms with Crippen LogP contribution in [0.3, 0.4) is 0 Å². The molecule has 3 heterocycles. The SMILES string of the molecule is C=C(C)C(O)CC[C@]1(C)C=Cc2c(O)c3c(c(CC=C(C)C)c2O1)O[C@]12C(=CC4CC1C(C)(C)OC2(CC=C(C)OC=O)C4=O)C3=O. The zero-order valence-electron chi connectivity index (χ0n) is 28.2. The van der Waals surface area contributed by atoms with E-state index in [9.17, 15) is 24.6 Å². The third-order valence-electron chi connectivity index (χ3n) is 10.7. The van der Waals surface area contributed by atoms with Crippen LogP contribution >= 0.6 is 0 Å². The van der Waals surface area contributed by atoms with Gasteiger partial charge in [0.1, 0.15) is 34.2 Å². The molecular weight excluding hydrogens is 600 g/mol. The van der Waals surface area contributed by atoms with Crippen molar-refractivity contribution in [2.45, 2.75) is 109 Å². The number of benzene rings is 1. The Labute approximate surface area is 275 Å². The smallest absolute Gasteiger partial charge is 0.298 e. The lowest BCUT2D eigenvalue weighted by Crippen LogP contribution is -2.72. The topological polar surface area (TPSA) is 129 Å². The maximum atomic E-state index is 14.7. The first-order valence-electron chi connectivity index (χ1n) is 16.3. The van der Waals surface area contributed by atoms with Crippen molar-refractivity contribution in [2.75, 3.05) is 0 Å². The molecule has 1 aromatic rings. The fraction of sp³-hybridized carbons (Fsp3) is 0.500. The molecule has 3 aliphatic carbocycles. The van der Waals surface area contributed by atoms with Crippen LogP contribution in [0.4, 0.5) is 0 Å². The molecule has 1 saturated heterocycles. The minimum Gasteiger partial charge on any atom is -0.506 e. The maximum Gasteiger partial charge on any atom is 0.298 e. The lowest BCUT2D eigenvalue weighted by Gasteiger charge is -2.56. The Morgan fingerprint density at radius 3 is 2.51 bits per heavy atom. The molecule has 0 aromatic heterocycles. The predicted octanol–water partition coefficient (Wildman–Crippen LogP) is 6.26. The molecule has 6 aliphatic rings. The number of aromatic hydroxyl groups is 1. The van der Waals surface area contributed by atoms with Gasteiger partial charge in [0.05, 0.1) is 17.3 Å². The maximum absolute atomic E-state index is 14.7. The molecule has 9 heteroatoms. The van der Waals surface area contributed by atoms with Crippen molar-refractivity contribution in [3.63, 3.8) is 0 Å². The summed E-state index contributed by atoms with van der Waals surface area (Å²) >= 11 is 0. The summed E-state index contributed by atoms with van der Waals surface area (Å²) < 4.78 is 25.6. The largest absolute Gasteiger partial charge is 0.506 e. The molecule has 4 unspecified atom stereocenters. The van der Waals surface area contributed by atoms with Gasteiger partial charge < -0.3 is 29.2 Å². The van der Waals surface area contributed by atoms with Crippen molar-refractivity contribution in [2.24, 2.45) is 11.8 Å². The number of carbonyl (C=O) groups excluding carboxylic acids is 3. The fourth-order valence-corrected chi connectivity index (χ4v) is 8.22. The summed E-state index contributed by atoms with van der Waals surface area (Å²) in [5.41, 5.74) is -1.77. The highest BCUT2D eigenvalue weighted by Crippen LogP contribution is 2.68. The normalized spacial score (nSPS) is 31.5. The second kappa shape index (κ2) is 11.1. The summed E-state index contributed by atoms with van der Waals surface area (Å²) in [5.74, 6) is -0.936. The molecule has 3 aliphatic heterocycles. The summed E-state index contributed by atoms with van der Waals surface area (Å²) in [6, 6.07) is 0. The van der Waals surface area contributed by atoms with Crippen LogP contribution in [0, 0.1) is 11.8 Å². The number of phenols is 1. The number of ketones is 2. The van der Waals surface area contributed by atoms with Gasteiger partial charge in [-0.1, -0.05) is 29.9 Å². The Bertz CT molecular complexity index is 1720. The van der Waals surface area contributed by atoms with Gasteiger partial charge in [-0.15, -0.1) is 0 Å². The van der Waals surface area contributed by atoms with E-state index in [1.54, 1.807) is 32.1 Å². The quantitative estimate of drug-likeness (QED) is 0.172. The molecule has 2 N–H and O–H groups in total. The third-order valence-corrected chi connectivity index (χ3v) is 10.7. The Morgan fingerprint density at radius 1 is 1.13 bits per heavy atom. The molecule has 0 amide bonds. The van der Waals surface area contributed by atoms with Gasteiger partial charge in [-0.05, 0) is 92.4 Å². The number of carbonyl (C=O) groups is 3. The minimum atomic E-state index is -1.58. The van der Waals surface area contributed by atoms with E-state index in [2.05, 4.69) is 6.58 Å². The second-order valence-corrected chi connectivity index (χ2v) is 14.7. The van der Waals surface area contributed by atoms with Crippen molar-refractivity contribution in [3.05, 3.63) is 70.1 Å². The van der Waals surface area contributed by atoms with Gasteiger partial charge >= 0.3 is 0 Å². The lowest BCUT2D eigenvalue weighted by molar-refractivity contribution is -0.171. The number of aliphatic hydroxyl groups excluding tert-OH is 1. The Balaban J connectivity index is 1.56. The van der Waals surface area contributed by atoms with Gasteiger partial charge in [0, 0.05) is 29.4 Å². The first kappa shape index (κ1) is 33.0. The molecule has 250 valence electrons. The van der Waals surface area contributed by atoms with Crippen molar-refractivity contribution in [1.82, 2.24) is 0 Å². The Kier molecular flexibility index (Phi) is 7.76. The summed E-state index contributed by atoms with van der Waals surface area (Å²) in [7, 11) is 0. The Morgan fingerprint density at radius 2 is 1.85 bits per heavy atom. The first-order chi connectivity index (χ1) is 22.0. The van der Waals surface area contributed by atoms with E-state index in [-0.39, 0.29) is 35.2 Å². The van der Waals surface area contributed by atoms with Crippen LogP contribution in [0.2, 0.25) is 0 Å². The Hall–Kier alpha value is -3.95.